The summed E-state index contributed by atoms with van der Waals surface area (Å²) in [7, 11) is 0. The smallest absolute Gasteiger partial charge is 0.0413 e. The summed E-state index contributed by atoms with van der Waals surface area (Å²) in [6.07, 6.45) is 3.43. The number of anilines is 2. The first-order chi connectivity index (χ1) is 11.6. The Hall–Kier alpha value is -1.96. The summed E-state index contributed by atoms with van der Waals surface area (Å²) in [5, 5.41) is 7.37. The molecular weight excluding hydrogens is 292 g/mol. The van der Waals surface area contributed by atoms with E-state index in [4.69, 9.17) is 0 Å². The predicted molar refractivity (Wildman–Crippen MR) is 105 cm³/mol. The average Bonchev–Trinajstić information content (AvgIpc) is 2.61. The zero-order chi connectivity index (χ0) is 17.2. The fourth-order valence-corrected chi connectivity index (χ4v) is 3.95. The largest absolute Gasteiger partial charge is 0.385 e. The summed E-state index contributed by atoms with van der Waals surface area (Å²) in [5.41, 5.74) is 6.81. The first kappa shape index (κ1) is 16.9. The molecule has 1 unspecified atom stereocenters. The molecule has 0 saturated carbocycles. The lowest BCUT2D eigenvalue weighted by molar-refractivity contribution is 0.521. The molecule has 1 atom stereocenters. The second kappa shape index (κ2) is 6.88. The van der Waals surface area contributed by atoms with E-state index in [1.807, 2.05) is 0 Å². The Morgan fingerprint density at radius 2 is 1.83 bits per heavy atom. The Morgan fingerprint density at radius 3 is 2.50 bits per heavy atom. The van der Waals surface area contributed by atoms with Gasteiger partial charge in [0.15, 0.2) is 0 Å². The van der Waals surface area contributed by atoms with Crippen molar-refractivity contribution < 1.29 is 0 Å². The maximum absolute atomic E-state index is 3.73. The van der Waals surface area contributed by atoms with Crippen LogP contribution in [-0.4, -0.2) is 12.6 Å². The highest BCUT2D eigenvalue weighted by atomic mass is 14.9. The van der Waals surface area contributed by atoms with Crippen molar-refractivity contribution in [2.45, 2.75) is 58.4 Å². The summed E-state index contributed by atoms with van der Waals surface area (Å²) in [5.74, 6) is 0. The molecule has 2 heteroatoms. The molecule has 2 aromatic rings. The van der Waals surface area contributed by atoms with Crippen LogP contribution in [0.4, 0.5) is 11.4 Å². The van der Waals surface area contributed by atoms with Gasteiger partial charge in [-0.05, 0) is 55.0 Å². The van der Waals surface area contributed by atoms with Crippen molar-refractivity contribution in [2.75, 3.05) is 17.2 Å². The van der Waals surface area contributed by atoms with Gasteiger partial charge in [0.1, 0.15) is 0 Å². The number of aryl methyl sites for hydroxylation is 1. The second-order valence-electron chi connectivity index (χ2n) is 7.25. The van der Waals surface area contributed by atoms with Gasteiger partial charge in [-0.3, -0.25) is 0 Å². The highest BCUT2D eigenvalue weighted by Gasteiger charge is 2.34. The molecule has 0 spiro atoms. The van der Waals surface area contributed by atoms with E-state index in [1.54, 1.807) is 0 Å². The Kier molecular flexibility index (Phi) is 4.84. The van der Waals surface area contributed by atoms with Gasteiger partial charge in [-0.25, -0.2) is 0 Å². The third-order valence-electron chi connectivity index (χ3n) is 5.62. The number of hydrogen-bond acceptors (Lipinski definition) is 2. The Labute approximate surface area is 146 Å². The number of fused-ring (bicyclic) bond motifs is 1. The van der Waals surface area contributed by atoms with Crippen LogP contribution in [0.15, 0.2) is 42.5 Å². The van der Waals surface area contributed by atoms with Crippen molar-refractivity contribution in [2.24, 2.45) is 0 Å². The summed E-state index contributed by atoms with van der Waals surface area (Å²) >= 11 is 0. The fourth-order valence-electron chi connectivity index (χ4n) is 3.95. The molecule has 0 aromatic heterocycles. The molecule has 1 heterocycles. The van der Waals surface area contributed by atoms with E-state index < -0.39 is 0 Å². The van der Waals surface area contributed by atoms with Crippen molar-refractivity contribution in [1.29, 1.82) is 0 Å². The lowest BCUT2D eigenvalue weighted by Gasteiger charge is -2.38. The van der Waals surface area contributed by atoms with Crippen molar-refractivity contribution in [1.82, 2.24) is 0 Å². The zero-order valence-corrected chi connectivity index (χ0v) is 15.4. The molecule has 2 N–H and O–H groups in total. The van der Waals surface area contributed by atoms with Gasteiger partial charge in [0.25, 0.3) is 0 Å². The molecule has 3 rings (SSSR count). The Bertz CT molecular complexity index is 689. The van der Waals surface area contributed by atoms with Gasteiger partial charge in [0, 0.05) is 29.4 Å². The van der Waals surface area contributed by atoms with Crippen molar-refractivity contribution >= 4 is 11.4 Å². The SMILES string of the molecule is CCC(CC)Nc1cc(C)c2c(c1)C(C)(c1ccccc1)CCN2. The molecular formula is C22H30N2. The van der Waals surface area contributed by atoms with Crippen LogP contribution < -0.4 is 10.6 Å². The molecule has 0 bridgehead atoms. The zero-order valence-electron chi connectivity index (χ0n) is 15.4. The van der Waals surface area contributed by atoms with Crippen LogP contribution in [0, 0.1) is 6.92 Å². The van der Waals surface area contributed by atoms with E-state index in [-0.39, 0.29) is 5.41 Å². The van der Waals surface area contributed by atoms with E-state index in [0.717, 1.165) is 25.8 Å². The maximum atomic E-state index is 3.73. The molecule has 1 aliphatic heterocycles. The molecule has 24 heavy (non-hydrogen) atoms. The normalized spacial score (nSPS) is 19.7. The molecule has 0 fully saturated rings. The van der Waals surface area contributed by atoms with Crippen LogP contribution in [0.25, 0.3) is 0 Å². The van der Waals surface area contributed by atoms with Gasteiger partial charge < -0.3 is 10.6 Å². The maximum Gasteiger partial charge on any atom is 0.0413 e. The fraction of sp³-hybridized carbons (Fsp3) is 0.455. The van der Waals surface area contributed by atoms with Crippen LogP contribution in [0.1, 0.15) is 56.7 Å². The minimum absolute atomic E-state index is 0.0677. The van der Waals surface area contributed by atoms with E-state index in [2.05, 4.69) is 80.8 Å². The second-order valence-corrected chi connectivity index (χ2v) is 7.25. The predicted octanol–water partition coefficient (Wildman–Crippen LogP) is 5.72. The molecule has 128 valence electrons. The lowest BCUT2D eigenvalue weighted by Crippen LogP contribution is -2.33. The lowest BCUT2D eigenvalue weighted by atomic mass is 9.70. The van der Waals surface area contributed by atoms with Gasteiger partial charge in [-0.15, -0.1) is 0 Å². The summed E-state index contributed by atoms with van der Waals surface area (Å²) < 4.78 is 0. The number of hydrogen-bond donors (Lipinski definition) is 2. The summed E-state index contributed by atoms with van der Waals surface area (Å²) in [4.78, 5) is 0. The number of rotatable bonds is 5. The number of benzene rings is 2. The third kappa shape index (κ3) is 3.02. The molecule has 0 aliphatic carbocycles. The minimum Gasteiger partial charge on any atom is -0.385 e. The van der Waals surface area contributed by atoms with Crippen molar-refractivity contribution in [3.05, 3.63) is 59.2 Å². The van der Waals surface area contributed by atoms with Crippen LogP contribution in [0.5, 0.6) is 0 Å². The van der Waals surface area contributed by atoms with Gasteiger partial charge >= 0.3 is 0 Å². The van der Waals surface area contributed by atoms with E-state index in [9.17, 15) is 0 Å². The van der Waals surface area contributed by atoms with Gasteiger partial charge in [0.2, 0.25) is 0 Å². The summed E-state index contributed by atoms with van der Waals surface area (Å²) in [6.45, 7) is 10.1. The standard InChI is InChI=1S/C22H30N2/c1-5-18(6-2)24-19-14-16(3)21-20(15-19)22(4,12-13-23-21)17-10-8-7-9-11-17/h7-11,14-15,18,23-24H,5-6,12-13H2,1-4H3. The highest BCUT2D eigenvalue weighted by molar-refractivity contribution is 5.70. The van der Waals surface area contributed by atoms with Crippen LogP contribution in [0.3, 0.4) is 0 Å². The van der Waals surface area contributed by atoms with E-state index in [0.29, 0.717) is 6.04 Å². The molecule has 0 saturated heterocycles. The van der Waals surface area contributed by atoms with Crippen molar-refractivity contribution in [3.8, 4) is 0 Å². The van der Waals surface area contributed by atoms with Crippen molar-refractivity contribution in [3.63, 3.8) is 0 Å². The van der Waals surface area contributed by atoms with Crippen LogP contribution >= 0.6 is 0 Å². The average molecular weight is 322 g/mol. The molecule has 2 aromatic carbocycles. The van der Waals surface area contributed by atoms with Crippen LogP contribution in [-0.2, 0) is 5.41 Å². The summed E-state index contributed by atoms with van der Waals surface area (Å²) in [6, 6.07) is 16.2. The van der Waals surface area contributed by atoms with Crippen LogP contribution in [0.2, 0.25) is 0 Å². The van der Waals surface area contributed by atoms with Gasteiger partial charge in [-0.2, -0.15) is 0 Å². The topological polar surface area (TPSA) is 24.1 Å². The highest BCUT2D eigenvalue weighted by Crippen LogP contribution is 2.44. The first-order valence-corrected chi connectivity index (χ1v) is 9.29. The van der Waals surface area contributed by atoms with Gasteiger partial charge in [-0.1, -0.05) is 51.1 Å². The number of nitrogens with one attached hydrogen (secondary N) is 2. The Balaban J connectivity index is 2.07. The van der Waals surface area contributed by atoms with E-state index >= 15 is 0 Å². The Morgan fingerprint density at radius 1 is 1.12 bits per heavy atom. The molecule has 1 aliphatic rings. The monoisotopic (exact) mass is 322 g/mol. The van der Waals surface area contributed by atoms with E-state index in [1.165, 1.54) is 28.1 Å². The van der Waals surface area contributed by atoms with Gasteiger partial charge in [0.05, 0.1) is 0 Å². The molecule has 0 amide bonds. The molecule has 2 nitrogen and oxygen atoms in total. The minimum atomic E-state index is 0.0677. The quantitative estimate of drug-likeness (QED) is 0.736. The third-order valence-corrected chi connectivity index (χ3v) is 5.62. The first-order valence-electron chi connectivity index (χ1n) is 9.29. The molecule has 0 radical (unpaired) electrons.